The molecule has 1 aromatic heterocycles. The van der Waals surface area contributed by atoms with Gasteiger partial charge in [0.1, 0.15) is 5.82 Å². The molecule has 2 unspecified atom stereocenters. The van der Waals surface area contributed by atoms with Crippen molar-refractivity contribution in [3.8, 4) is 5.69 Å². The summed E-state index contributed by atoms with van der Waals surface area (Å²) in [5, 5.41) is 5.60. The van der Waals surface area contributed by atoms with E-state index in [0.717, 1.165) is 18.5 Å². The number of anilines is 1. The van der Waals surface area contributed by atoms with Gasteiger partial charge >= 0.3 is 6.03 Å². The van der Waals surface area contributed by atoms with E-state index >= 15 is 0 Å². The molecule has 5 nitrogen and oxygen atoms in total. The van der Waals surface area contributed by atoms with E-state index in [1.54, 1.807) is 12.1 Å². The van der Waals surface area contributed by atoms with E-state index in [0.29, 0.717) is 12.5 Å². The predicted octanol–water partition coefficient (Wildman–Crippen LogP) is 3.70. The SMILES string of the molecule is O=C(Nc1cc(-n2cccc2)ccc1F)NC1CCOC(C2CC2)C1. The molecular weight excluding hydrogens is 321 g/mol. The summed E-state index contributed by atoms with van der Waals surface area (Å²) in [6.07, 6.45) is 8.08. The minimum atomic E-state index is -0.450. The Balaban J connectivity index is 1.39. The fraction of sp³-hybridized carbons (Fsp3) is 0.421. The number of nitrogens with one attached hydrogen (secondary N) is 2. The zero-order valence-electron chi connectivity index (χ0n) is 14.0. The van der Waals surface area contributed by atoms with Crippen LogP contribution in [0, 0.1) is 11.7 Å². The average Bonchev–Trinajstić information content (AvgIpc) is 3.32. The summed E-state index contributed by atoms with van der Waals surface area (Å²) in [5.41, 5.74) is 0.969. The maximum absolute atomic E-state index is 14.1. The Morgan fingerprint density at radius 2 is 2.00 bits per heavy atom. The molecule has 2 aromatic rings. The van der Waals surface area contributed by atoms with E-state index in [-0.39, 0.29) is 23.9 Å². The maximum Gasteiger partial charge on any atom is 0.319 e. The molecule has 2 aliphatic rings. The van der Waals surface area contributed by atoms with Gasteiger partial charge in [-0.2, -0.15) is 0 Å². The van der Waals surface area contributed by atoms with E-state index in [2.05, 4.69) is 10.6 Å². The van der Waals surface area contributed by atoms with Crippen LogP contribution < -0.4 is 10.6 Å². The van der Waals surface area contributed by atoms with E-state index < -0.39 is 5.82 Å². The van der Waals surface area contributed by atoms with Gasteiger partial charge < -0.3 is 19.9 Å². The number of amides is 2. The van der Waals surface area contributed by atoms with Crippen molar-refractivity contribution in [3.05, 3.63) is 48.5 Å². The summed E-state index contributed by atoms with van der Waals surface area (Å²) in [6, 6.07) is 8.17. The molecule has 4 rings (SSSR count). The fourth-order valence-corrected chi connectivity index (χ4v) is 3.38. The number of aromatic nitrogens is 1. The highest BCUT2D eigenvalue weighted by Crippen LogP contribution is 2.38. The van der Waals surface area contributed by atoms with E-state index in [9.17, 15) is 9.18 Å². The highest BCUT2D eigenvalue weighted by atomic mass is 19.1. The molecule has 2 amide bonds. The molecule has 2 fully saturated rings. The second-order valence-corrected chi connectivity index (χ2v) is 6.82. The zero-order valence-corrected chi connectivity index (χ0v) is 14.0. The van der Waals surface area contributed by atoms with Crippen molar-refractivity contribution in [1.82, 2.24) is 9.88 Å². The molecule has 25 heavy (non-hydrogen) atoms. The van der Waals surface area contributed by atoms with Crippen LogP contribution in [0.3, 0.4) is 0 Å². The Hall–Kier alpha value is -2.34. The Bertz CT molecular complexity index is 743. The van der Waals surface area contributed by atoms with Gasteiger partial charge in [-0.15, -0.1) is 0 Å². The van der Waals surface area contributed by atoms with Crippen molar-refractivity contribution >= 4 is 11.7 Å². The molecule has 1 aliphatic carbocycles. The molecule has 1 aliphatic heterocycles. The van der Waals surface area contributed by atoms with Crippen molar-refractivity contribution in [3.63, 3.8) is 0 Å². The lowest BCUT2D eigenvalue weighted by Crippen LogP contribution is -2.44. The molecule has 2 heterocycles. The first-order valence-electron chi connectivity index (χ1n) is 8.81. The normalized spacial score (nSPS) is 23.2. The third kappa shape index (κ3) is 3.85. The molecule has 6 heteroatoms. The van der Waals surface area contributed by atoms with Gasteiger partial charge in [-0.3, -0.25) is 0 Å². The van der Waals surface area contributed by atoms with Crippen molar-refractivity contribution in [2.75, 3.05) is 11.9 Å². The fourth-order valence-electron chi connectivity index (χ4n) is 3.38. The minimum absolute atomic E-state index is 0.0787. The third-order valence-corrected chi connectivity index (χ3v) is 4.90. The standard InChI is InChI=1S/C19H22FN3O2/c20-16-6-5-15(23-8-1-2-9-23)12-17(16)22-19(24)21-14-7-10-25-18(11-14)13-3-4-13/h1-2,5-6,8-9,12-14,18H,3-4,7,10-11H2,(H2,21,22,24). The lowest BCUT2D eigenvalue weighted by Gasteiger charge is -2.30. The highest BCUT2D eigenvalue weighted by Gasteiger charge is 2.36. The number of hydrogen-bond acceptors (Lipinski definition) is 2. The van der Waals surface area contributed by atoms with Gasteiger partial charge in [0.15, 0.2) is 0 Å². The Morgan fingerprint density at radius 3 is 2.76 bits per heavy atom. The second kappa shape index (κ2) is 6.88. The van der Waals surface area contributed by atoms with E-state index in [4.69, 9.17) is 4.74 Å². The predicted molar refractivity (Wildman–Crippen MR) is 93.4 cm³/mol. The van der Waals surface area contributed by atoms with Crippen molar-refractivity contribution in [2.45, 2.75) is 37.8 Å². The Morgan fingerprint density at radius 1 is 1.20 bits per heavy atom. The van der Waals surface area contributed by atoms with Gasteiger partial charge in [0.05, 0.1) is 11.8 Å². The summed E-state index contributed by atoms with van der Waals surface area (Å²) in [6.45, 7) is 0.670. The van der Waals surface area contributed by atoms with Crippen LogP contribution in [0.5, 0.6) is 0 Å². The van der Waals surface area contributed by atoms with Gasteiger partial charge in [-0.05, 0) is 61.9 Å². The van der Waals surface area contributed by atoms with Crippen LogP contribution in [-0.2, 0) is 4.74 Å². The minimum Gasteiger partial charge on any atom is -0.378 e. The maximum atomic E-state index is 14.1. The lowest BCUT2D eigenvalue weighted by molar-refractivity contribution is -0.00889. The largest absolute Gasteiger partial charge is 0.378 e. The number of urea groups is 1. The monoisotopic (exact) mass is 343 g/mol. The Kier molecular flexibility index (Phi) is 4.44. The van der Waals surface area contributed by atoms with Crippen LogP contribution in [-0.4, -0.2) is 29.4 Å². The molecule has 0 spiro atoms. The molecular formula is C19H22FN3O2. The number of nitrogens with zero attached hydrogens (tertiary/aromatic N) is 1. The van der Waals surface area contributed by atoms with Crippen LogP contribution in [0.4, 0.5) is 14.9 Å². The van der Waals surface area contributed by atoms with Crippen LogP contribution in [0.15, 0.2) is 42.7 Å². The van der Waals surface area contributed by atoms with E-state index in [1.165, 1.54) is 18.9 Å². The van der Waals surface area contributed by atoms with Crippen LogP contribution in [0.1, 0.15) is 25.7 Å². The number of hydrogen-bond donors (Lipinski definition) is 2. The lowest BCUT2D eigenvalue weighted by atomic mass is 10.0. The smallest absolute Gasteiger partial charge is 0.319 e. The van der Waals surface area contributed by atoms with Crippen molar-refractivity contribution < 1.29 is 13.9 Å². The molecule has 132 valence electrons. The molecule has 0 bridgehead atoms. The first kappa shape index (κ1) is 16.1. The van der Waals surface area contributed by atoms with E-state index in [1.807, 2.05) is 29.1 Å². The van der Waals surface area contributed by atoms with Gasteiger partial charge in [0, 0.05) is 30.7 Å². The number of rotatable bonds is 4. The average molecular weight is 343 g/mol. The second-order valence-electron chi connectivity index (χ2n) is 6.82. The molecule has 2 N–H and O–H groups in total. The zero-order chi connectivity index (χ0) is 17.2. The molecule has 0 radical (unpaired) electrons. The molecule has 1 aromatic carbocycles. The first-order valence-corrected chi connectivity index (χ1v) is 8.81. The summed E-state index contributed by atoms with van der Waals surface area (Å²) in [4.78, 5) is 12.3. The van der Waals surface area contributed by atoms with Crippen LogP contribution >= 0.6 is 0 Å². The number of halogens is 1. The van der Waals surface area contributed by atoms with Gasteiger partial charge in [0.25, 0.3) is 0 Å². The van der Waals surface area contributed by atoms with Crippen LogP contribution in [0.2, 0.25) is 0 Å². The van der Waals surface area contributed by atoms with Crippen molar-refractivity contribution in [1.29, 1.82) is 0 Å². The topological polar surface area (TPSA) is 55.3 Å². The van der Waals surface area contributed by atoms with Gasteiger partial charge in [-0.25, -0.2) is 9.18 Å². The number of carbonyl (C=O) groups excluding carboxylic acids is 1. The number of ether oxygens (including phenoxy) is 1. The third-order valence-electron chi connectivity index (χ3n) is 4.90. The summed E-state index contributed by atoms with van der Waals surface area (Å²) in [7, 11) is 0. The van der Waals surface area contributed by atoms with Gasteiger partial charge in [0.2, 0.25) is 0 Å². The summed E-state index contributed by atoms with van der Waals surface area (Å²) < 4.78 is 21.7. The quantitative estimate of drug-likeness (QED) is 0.889. The molecule has 1 saturated carbocycles. The molecule has 1 saturated heterocycles. The number of carbonyl (C=O) groups is 1. The first-order chi connectivity index (χ1) is 12.2. The highest BCUT2D eigenvalue weighted by molar-refractivity contribution is 5.89. The van der Waals surface area contributed by atoms with Crippen molar-refractivity contribution in [2.24, 2.45) is 5.92 Å². The summed E-state index contributed by atoms with van der Waals surface area (Å²) >= 11 is 0. The van der Waals surface area contributed by atoms with Crippen LogP contribution in [0.25, 0.3) is 5.69 Å². The molecule has 2 atom stereocenters. The van der Waals surface area contributed by atoms with Gasteiger partial charge in [-0.1, -0.05) is 0 Å². The Labute approximate surface area is 146 Å². The summed E-state index contributed by atoms with van der Waals surface area (Å²) in [5.74, 6) is 0.206. The number of benzene rings is 1.